The fraction of sp³-hybridized carbons (Fsp3) is 0.0732. The Morgan fingerprint density at radius 2 is 1.22 bits per heavy atom. The summed E-state index contributed by atoms with van der Waals surface area (Å²) < 4.78 is 0. The SMILES string of the molecule is CC(=O)/C=C(/C)O.[Pt].[c-]1cc(N(c2ccccc2)c2ccccc2)cc2c1-c1ncccc1C21c2ccccc2-c2ccccc21. The van der Waals surface area contributed by atoms with Gasteiger partial charge in [-0.15, -0.1) is 29.3 Å². The average Bonchev–Trinajstić information content (AvgIpc) is 3.53. The van der Waals surface area contributed by atoms with Crippen LogP contribution in [0.3, 0.4) is 0 Å². The number of nitrogens with zero attached hydrogens (tertiary/aromatic N) is 2. The van der Waals surface area contributed by atoms with E-state index in [1.165, 1.54) is 53.3 Å². The quantitative estimate of drug-likeness (QED) is 0.110. The molecule has 1 heterocycles. The molecule has 1 spiro atoms. The number of benzene rings is 5. The zero-order valence-corrected chi connectivity index (χ0v) is 27.7. The normalized spacial score (nSPS) is 12.9. The van der Waals surface area contributed by atoms with E-state index >= 15 is 0 Å². The van der Waals surface area contributed by atoms with Crippen LogP contribution in [0.15, 0.2) is 151 Å². The molecule has 0 saturated heterocycles. The van der Waals surface area contributed by atoms with Crippen molar-refractivity contribution >= 4 is 22.8 Å². The smallest absolute Gasteiger partial charge is 0.155 e. The number of hydrogen-bond donors (Lipinski definition) is 1. The molecule has 2 aliphatic rings. The maximum atomic E-state index is 10.0. The first-order chi connectivity index (χ1) is 22.0. The Morgan fingerprint density at radius 1 is 0.696 bits per heavy atom. The molecule has 2 aliphatic carbocycles. The van der Waals surface area contributed by atoms with Crippen LogP contribution in [-0.2, 0) is 31.3 Å². The molecule has 0 atom stereocenters. The number of rotatable bonds is 4. The Bertz CT molecular complexity index is 1970. The van der Waals surface area contributed by atoms with Crippen LogP contribution in [0, 0.1) is 6.07 Å². The molecule has 4 nitrogen and oxygen atoms in total. The van der Waals surface area contributed by atoms with E-state index in [9.17, 15) is 4.79 Å². The van der Waals surface area contributed by atoms with Crippen LogP contribution in [0.2, 0.25) is 0 Å². The van der Waals surface area contributed by atoms with E-state index in [0.717, 1.165) is 28.3 Å². The Balaban J connectivity index is 0.000000421. The number of para-hydroxylation sites is 2. The summed E-state index contributed by atoms with van der Waals surface area (Å²) >= 11 is 0. The van der Waals surface area contributed by atoms with Crippen molar-refractivity contribution in [2.45, 2.75) is 19.3 Å². The van der Waals surface area contributed by atoms with Crippen LogP contribution in [0.25, 0.3) is 22.4 Å². The second-order valence-corrected chi connectivity index (χ2v) is 11.3. The van der Waals surface area contributed by atoms with Crippen molar-refractivity contribution < 1.29 is 31.0 Å². The number of carbonyl (C=O) groups excluding carboxylic acids is 1. The molecule has 8 rings (SSSR count). The van der Waals surface area contributed by atoms with Crippen LogP contribution in [0.5, 0.6) is 0 Å². The second kappa shape index (κ2) is 12.7. The third-order valence-electron chi connectivity index (χ3n) is 8.43. The molecule has 46 heavy (non-hydrogen) atoms. The van der Waals surface area contributed by atoms with Gasteiger partial charge in [-0.05, 0) is 77.8 Å². The number of aromatic nitrogens is 1. The summed E-state index contributed by atoms with van der Waals surface area (Å²) in [6, 6.07) is 51.3. The first-order valence-electron chi connectivity index (χ1n) is 15.0. The van der Waals surface area contributed by atoms with E-state index in [1.807, 2.05) is 6.20 Å². The molecule has 0 bridgehead atoms. The van der Waals surface area contributed by atoms with Crippen molar-refractivity contribution in [1.82, 2.24) is 4.98 Å². The molecule has 0 unspecified atom stereocenters. The van der Waals surface area contributed by atoms with Gasteiger partial charge in [-0.25, -0.2) is 0 Å². The van der Waals surface area contributed by atoms with Crippen LogP contribution in [0.1, 0.15) is 36.1 Å². The monoisotopic (exact) mass is 778 g/mol. The third-order valence-corrected chi connectivity index (χ3v) is 8.43. The molecule has 0 fully saturated rings. The topological polar surface area (TPSA) is 53.4 Å². The number of ketones is 1. The zero-order chi connectivity index (χ0) is 31.0. The number of pyridine rings is 1. The number of allylic oxidation sites excluding steroid dienone is 2. The van der Waals surface area contributed by atoms with E-state index in [4.69, 9.17) is 10.1 Å². The molecule has 1 N–H and O–H groups in total. The van der Waals surface area contributed by atoms with Crippen LogP contribution in [0.4, 0.5) is 17.1 Å². The molecule has 0 radical (unpaired) electrons. The van der Waals surface area contributed by atoms with Crippen LogP contribution in [-0.4, -0.2) is 15.9 Å². The van der Waals surface area contributed by atoms with Gasteiger partial charge in [0.05, 0.1) is 5.76 Å². The third kappa shape index (κ3) is 5.09. The predicted octanol–water partition coefficient (Wildman–Crippen LogP) is 9.73. The van der Waals surface area contributed by atoms with Gasteiger partial charge in [0.1, 0.15) is 0 Å². The zero-order valence-electron chi connectivity index (χ0n) is 25.4. The Kier molecular flexibility index (Phi) is 8.58. The number of fused-ring (bicyclic) bond motifs is 10. The van der Waals surface area contributed by atoms with E-state index in [1.54, 1.807) is 0 Å². The van der Waals surface area contributed by atoms with Crippen molar-refractivity contribution in [3.05, 3.63) is 180 Å². The summed E-state index contributed by atoms with van der Waals surface area (Å²) in [7, 11) is 0. The largest absolute Gasteiger partial charge is 0.512 e. The standard InChI is InChI=1S/C36H23N2.C5H8O2.Pt/c1-3-12-25(13-4-1)38(26-14-5-2-6-15-26)27-21-22-30-34(24-27)36(33-20-11-23-37-35(30)33)31-18-9-7-16-28(31)29-17-8-10-19-32(29)36;1-4(6)3-5(2)7;/h1-21,23-24H;3,6H,1-2H3;/q-1;;/b;4-3-;. The van der Waals surface area contributed by atoms with Gasteiger partial charge < -0.3 is 15.0 Å². The summed E-state index contributed by atoms with van der Waals surface area (Å²) in [6.07, 6.45) is 3.07. The molecule has 1 aromatic heterocycles. The molecule has 0 amide bonds. The van der Waals surface area contributed by atoms with Crippen molar-refractivity contribution in [2.75, 3.05) is 4.90 Å². The average molecular weight is 779 g/mol. The Morgan fingerprint density at radius 3 is 1.74 bits per heavy atom. The summed E-state index contributed by atoms with van der Waals surface area (Å²) in [5, 5.41) is 8.36. The molecule has 5 heteroatoms. The minimum absolute atomic E-state index is 0. The first kappa shape index (κ1) is 31.0. The van der Waals surface area contributed by atoms with E-state index < -0.39 is 5.41 Å². The van der Waals surface area contributed by atoms with Gasteiger partial charge in [0.2, 0.25) is 0 Å². The fourth-order valence-corrected chi connectivity index (χ4v) is 6.87. The number of hydrogen-bond acceptors (Lipinski definition) is 4. The van der Waals surface area contributed by atoms with Gasteiger partial charge in [-0.1, -0.05) is 96.6 Å². The Labute approximate surface area is 284 Å². The minimum atomic E-state index is -0.433. The first-order valence-corrected chi connectivity index (χ1v) is 15.0. The summed E-state index contributed by atoms with van der Waals surface area (Å²) in [6.45, 7) is 2.85. The number of aliphatic hydroxyl groups is 1. The predicted molar refractivity (Wildman–Crippen MR) is 181 cm³/mol. The maximum absolute atomic E-state index is 10.0. The molecule has 0 aliphatic heterocycles. The van der Waals surface area contributed by atoms with E-state index in [2.05, 4.69) is 144 Å². The van der Waals surface area contributed by atoms with Crippen LogP contribution < -0.4 is 4.90 Å². The van der Waals surface area contributed by atoms with Gasteiger partial charge in [-0.3, -0.25) is 4.79 Å². The molecule has 5 aromatic carbocycles. The van der Waals surface area contributed by atoms with Gasteiger partial charge in [0, 0.05) is 50.1 Å². The molecule has 228 valence electrons. The van der Waals surface area contributed by atoms with Crippen LogP contribution >= 0.6 is 0 Å². The van der Waals surface area contributed by atoms with E-state index in [0.29, 0.717) is 0 Å². The fourth-order valence-electron chi connectivity index (χ4n) is 6.87. The Hall–Kier alpha value is -5.05. The minimum Gasteiger partial charge on any atom is -0.512 e. The molecular formula is C41H31N2O2Pt-. The number of carbonyl (C=O) groups is 1. The van der Waals surface area contributed by atoms with Gasteiger partial charge in [0.25, 0.3) is 0 Å². The van der Waals surface area contributed by atoms with Crippen molar-refractivity contribution in [2.24, 2.45) is 0 Å². The summed E-state index contributed by atoms with van der Waals surface area (Å²) in [4.78, 5) is 17.2. The molecular weight excluding hydrogens is 748 g/mol. The molecule has 6 aromatic rings. The van der Waals surface area contributed by atoms with Crippen molar-refractivity contribution in [1.29, 1.82) is 0 Å². The molecule has 0 saturated carbocycles. The van der Waals surface area contributed by atoms with Gasteiger partial charge in [-0.2, -0.15) is 0 Å². The maximum Gasteiger partial charge on any atom is 0.155 e. The summed E-state index contributed by atoms with van der Waals surface area (Å²) in [5.74, 6) is -0.0625. The second-order valence-electron chi connectivity index (χ2n) is 11.3. The van der Waals surface area contributed by atoms with Crippen molar-refractivity contribution in [3.63, 3.8) is 0 Å². The van der Waals surface area contributed by atoms with Gasteiger partial charge in [0.15, 0.2) is 5.78 Å². The number of anilines is 3. The van der Waals surface area contributed by atoms with Crippen molar-refractivity contribution in [3.8, 4) is 22.4 Å². The number of aliphatic hydroxyl groups excluding tert-OH is 1. The van der Waals surface area contributed by atoms with Gasteiger partial charge >= 0.3 is 0 Å². The summed E-state index contributed by atoms with van der Waals surface area (Å²) in [5.41, 5.74) is 12.6. The van der Waals surface area contributed by atoms with E-state index in [-0.39, 0.29) is 32.6 Å².